The van der Waals surface area contributed by atoms with Crippen molar-refractivity contribution in [1.82, 2.24) is 9.47 Å². The summed E-state index contributed by atoms with van der Waals surface area (Å²) < 4.78 is 13.6. The number of amides is 2. The molecule has 2 amide bonds. The Kier molecular flexibility index (Phi) is 5.03. The van der Waals surface area contributed by atoms with Crippen molar-refractivity contribution in [3.05, 3.63) is 30.5 Å². The highest BCUT2D eigenvalue weighted by molar-refractivity contribution is 5.88. The van der Waals surface area contributed by atoms with Crippen LogP contribution in [0.25, 0.3) is 10.9 Å². The molecule has 1 aromatic heterocycles. The Bertz CT molecular complexity index is 833. The molecule has 7 heteroatoms. The van der Waals surface area contributed by atoms with Crippen LogP contribution in [0, 0.1) is 0 Å². The predicted molar refractivity (Wildman–Crippen MR) is 100 cm³/mol. The van der Waals surface area contributed by atoms with Gasteiger partial charge in [-0.3, -0.25) is 9.59 Å². The van der Waals surface area contributed by atoms with Crippen molar-refractivity contribution in [2.75, 3.05) is 19.7 Å². The number of benzene rings is 1. The maximum Gasteiger partial charge on any atom is 0.251 e. The van der Waals surface area contributed by atoms with Crippen LogP contribution in [0.1, 0.15) is 25.7 Å². The fraction of sp³-hybridized carbons (Fsp3) is 0.500. The third-order valence-corrected chi connectivity index (χ3v) is 5.35. The summed E-state index contributed by atoms with van der Waals surface area (Å²) in [5.74, 6) is 0.554. The number of nitrogens with zero attached hydrogens (tertiary/aromatic N) is 2. The first-order valence-electron chi connectivity index (χ1n) is 9.55. The van der Waals surface area contributed by atoms with Gasteiger partial charge >= 0.3 is 0 Å². The highest BCUT2D eigenvalue weighted by atomic mass is 16.5. The Morgan fingerprint density at radius 3 is 2.70 bits per heavy atom. The Balaban J connectivity index is 1.39. The van der Waals surface area contributed by atoms with Gasteiger partial charge in [-0.05, 0) is 31.0 Å². The fourth-order valence-electron chi connectivity index (χ4n) is 3.95. The Hall–Kier alpha value is -2.54. The van der Waals surface area contributed by atoms with Gasteiger partial charge in [0.2, 0.25) is 5.91 Å². The molecule has 4 rings (SSSR count). The van der Waals surface area contributed by atoms with E-state index >= 15 is 0 Å². The zero-order valence-corrected chi connectivity index (χ0v) is 15.3. The molecule has 7 nitrogen and oxygen atoms in total. The van der Waals surface area contributed by atoms with E-state index in [9.17, 15) is 9.59 Å². The van der Waals surface area contributed by atoms with E-state index in [-0.39, 0.29) is 30.6 Å². The van der Waals surface area contributed by atoms with Crippen molar-refractivity contribution in [1.29, 1.82) is 0 Å². The van der Waals surface area contributed by atoms with Gasteiger partial charge in [-0.15, -0.1) is 0 Å². The van der Waals surface area contributed by atoms with Gasteiger partial charge in [0.15, 0.2) is 0 Å². The van der Waals surface area contributed by atoms with E-state index in [1.54, 1.807) is 0 Å². The van der Waals surface area contributed by atoms with Crippen LogP contribution in [0.15, 0.2) is 30.5 Å². The van der Waals surface area contributed by atoms with Gasteiger partial charge in [0.05, 0.1) is 5.52 Å². The van der Waals surface area contributed by atoms with Crippen LogP contribution < -0.4 is 10.5 Å². The second kappa shape index (κ2) is 7.60. The summed E-state index contributed by atoms with van der Waals surface area (Å²) in [6.07, 6.45) is 5.08. The quantitative estimate of drug-likeness (QED) is 0.866. The number of ether oxygens (including phenoxy) is 2. The highest BCUT2D eigenvalue weighted by Crippen LogP contribution is 2.29. The third-order valence-electron chi connectivity index (χ3n) is 5.35. The van der Waals surface area contributed by atoms with Gasteiger partial charge in [0, 0.05) is 44.1 Å². The number of nitrogens with two attached hydrogens (primary N) is 1. The first kappa shape index (κ1) is 17.9. The summed E-state index contributed by atoms with van der Waals surface area (Å²) in [6.45, 7) is 2.23. The summed E-state index contributed by atoms with van der Waals surface area (Å²) in [5, 5.41) is 0.969. The largest absolute Gasteiger partial charge is 0.490 e. The lowest BCUT2D eigenvalue weighted by molar-refractivity contribution is -0.142. The molecule has 2 aromatic rings. The molecule has 2 saturated heterocycles. The lowest BCUT2D eigenvalue weighted by Gasteiger charge is -2.33. The number of piperidine rings is 1. The van der Waals surface area contributed by atoms with Crippen molar-refractivity contribution < 1.29 is 19.1 Å². The maximum absolute atomic E-state index is 12.5. The minimum absolute atomic E-state index is 0.0728. The molecular formula is C20H25N3O4. The number of carbonyl (C=O) groups excluding carboxylic acids is 2. The van der Waals surface area contributed by atoms with Crippen LogP contribution in [0.4, 0.5) is 0 Å². The summed E-state index contributed by atoms with van der Waals surface area (Å²) in [5.41, 5.74) is 6.24. The number of fused-ring (bicyclic) bond motifs is 1. The van der Waals surface area contributed by atoms with Crippen LogP contribution >= 0.6 is 0 Å². The van der Waals surface area contributed by atoms with Crippen LogP contribution in [0.2, 0.25) is 0 Å². The second-order valence-electron chi connectivity index (χ2n) is 7.24. The Labute approximate surface area is 158 Å². The molecule has 0 saturated carbocycles. The van der Waals surface area contributed by atoms with Crippen molar-refractivity contribution in [2.24, 2.45) is 5.73 Å². The van der Waals surface area contributed by atoms with E-state index in [0.29, 0.717) is 19.7 Å². The molecule has 2 fully saturated rings. The molecule has 144 valence electrons. The summed E-state index contributed by atoms with van der Waals surface area (Å²) in [6, 6.07) is 7.77. The predicted octanol–water partition coefficient (Wildman–Crippen LogP) is 1.68. The number of primary amides is 1. The summed E-state index contributed by atoms with van der Waals surface area (Å²) >= 11 is 0. The van der Waals surface area contributed by atoms with E-state index in [1.165, 1.54) is 0 Å². The highest BCUT2D eigenvalue weighted by Gasteiger charge is 2.31. The zero-order chi connectivity index (χ0) is 18.8. The normalized spacial score (nSPS) is 20.9. The van der Waals surface area contributed by atoms with E-state index in [1.807, 2.05) is 39.9 Å². The molecule has 27 heavy (non-hydrogen) atoms. The van der Waals surface area contributed by atoms with Gasteiger partial charge in [-0.2, -0.15) is 0 Å². The molecule has 1 atom stereocenters. The van der Waals surface area contributed by atoms with E-state index in [0.717, 1.165) is 42.3 Å². The van der Waals surface area contributed by atoms with Gasteiger partial charge in [0.25, 0.3) is 5.91 Å². The van der Waals surface area contributed by atoms with E-state index in [4.69, 9.17) is 15.2 Å². The molecule has 3 heterocycles. The van der Waals surface area contributed by atoms with Crippen molar-refractivity contribution in [2.45, 2.75) is 44.4 Å². The zero-order valence-electron chi connectivity index (χ0n) is 15.3. The Morgan fingerprint density at radius 1 is 1.19 bits per heavy atom. The monoisotopic (exact) mass is 371 g/mol. The van der Waals surface area contributed by atoms with Crippen LogP contribution in [-0.2, 0) is 20.9 Å². The lowest BCUT2D eigenvalue weighted by Crippen LogP contribution is -2.45. The topological polar surface area (TPSA) is 86.8 Å². The molecule has 0 spiro atoms. The van der Waals surface area contributed by atoms with Gasteiger partial charge in [0.1, 0.15) is 24.5 Å². The van der Waals surface area contributed by atoms with Gasteiger partial charge in [-0.1, -0.05) is 6.07 Å². The average Bonchev–Trinajstić information content (AvgIpc) is 3.33. The maximum atomic E-state index is 12.5. The molecule has 2 aliphatic rings. The second-order valence-corrected chi connectivity index (χ2v) is 7.24. The third kappa shape index (κ3) is 3.78. The number of carbonyl (C=O) groups is 2. The fourth-order valence-corrected chi connectivity index (χ4v) is 3.95. The summed E-state index contributed by atoms with van der Waals surface area (Å²) in [4.78, 5) is 25.6. The molecule has 1 aromatic carbocycles. The number of hydrogen-bond acceptors (Lipinski definition) is 4. The van der Waals surface area contributed by atoms with Gasteiger partial charge < -0.3 is 24.7 Å². The smallest absolute Gasteiger partial charge is 0.251 e. The molecule has 2 aliphatic heterocycles. The SMILES string of the molecule is NC(=O)Cn1ccc2c(OC3CCN(C(=O)C4CCCO4)CC3)cccc21. The van der Waals surface area contributed by atoms with Crippen LogP contribution in [-0.4, -0.2) is 53.2 Å². The molecule has 0 radical (unpaired) electrons. The Morgan fingerprint density at radius 2 is 2.00 bits per heavy atom. The van der Waals surface area contributed by atoms with E-state index in [2.05, 4.69) is 0 Å². The van der Waals surface area contributed by atoms with Crippen LogP contribution in [0.5, 0.6) is 5.75 Å². The van der Waals surface area contributed by atoms with Gasteiger partial charge in [-0.25, -0.2) is 0 Å². The molecule has 2 N–H and O–H groups in total. The molecule has 0 bridgehead atoms. The molecular weight excluding hydrogens is 346 g/mol. The van der Waals surface area contributed by atoms with Crippen LogP contribution in [0.3, 0.4) is 0 Å². The number of aromatic nitrogens is 1. The standard InChI is InChI=1S/C20H25N3O4/c21-19(24)13-23-11-8-15-16(23)3-1-4-17(15)27-14-6-9-22(10-7-14)20(25)18-5-2-12-26-18/h1,3-4,8,11,14,18H,2,5-7,9-10,12-13H2,(H2,21,24). The summed E-state index contributed by atoms with van der Waals surface area (Å²) in [7, 11) is 0. The number of hydrogen-bond donors (Lipinski definition) is 1. The van der Waals surface area contributed by atoms with Crippen molar-refractivity contribution >= 4 is 22.7 Å². The van der Waals surface area contributed by atoms with Crippen molar-refractivity contribution in [3.8, 4) is 5.75 Å². The number of likely N-dealkylation sites (tertiary alicyclic amines) is 1. The minimum atomic E-state index is -0.373. The van der Waals surface area contributed by atoms with E-state index < -0.39 is 0 Å². The first-order chi connectivity index (χ1) is 13.1. The molecule has 0 aliphatic carbocycles. The minimum Gasteiger partial charge on any atom is -0.490 e. The molecule has 1 unspecified atom stereocenters. The lowest BCUT2D eigenvalue weighted by atomic mass is 10.1. The number of rotatable bonds is 5. The first-order valence-corrected chi connectivity index (χ1v) is 9.55. The van der Waals surface area contributed by atoms with Crippen molar-refractivity contribution in [3.63, 3.8) is 0 Å². The average molecular weight is 371 g/mol.